The van der Waals surface area contributed by atoms with Crippen LogP contribution < -0.4 is 5.32 Å². The van der Waals surface area contributed by atoms with E-state index in [1.54, 1.807) is 30.3 Å². The fourth-order valence-electron chi connectivity index (χ4n) is 2.76. The Balaban J connectivity index is 1.47. The molecule has 0 aromatic heterocycles. The van der Waals surface area contributed by atoms with E-state index in [-0.39, 0.29) is 30.7 Å². The SMILES string of the molecule is O=C(CCCN1C(=O)c2ccccc2C1=O)NCc1ccccc1Cl. The number of nitrogens with zero attached hydrogens (tertiary/aromatic N) is 1. The molecule has 1 N–H and O–H groups in total. The van der Waals surface area contributed by atoms with Gasteiger partial charge in [0.1, 0.15) is 0 Å². The van der Waals surface area contributed by atoms with Crippen molar-refractivity contribution in [2.75, 3.05) is 6.54 Å². The highest BCUT2D eigenvalue weighted by atomic mass is 35.5. The van der Waals surface area contributed by atoms with Crippen LogP contribution in [0.15, 0.2) is 48.5 Å². The van der Waals surface area contributed by atoms with Crippen LogP contribution in [0.2, 0.25) is 5.02 Å². The summed E-state index contributed by atoms with van der Waals surface area (Å²) < 4.78 is 0. The summed E-state index contributed by atoms with van der Waals surface area (Å²) in [6, 6.07) is 14.1. The van der Waals surface area contributed by atoms with Crippen molar-refractivity contribution in [1.29, 1.82) is 0 Å². The summed E-state index contributed by atoms with van der Waals surface area (Å²) in [6.45, 7) is 0.581. The van der Waals surface area contributed by atoms with Crippen molar-refractivity contribution in [2.45, 2.75) is 19.4 Å². The van der Waals surface area contributed by atoms with Gasteiger partial charge in [-0.05, 0) is 30.2 Å². The monoisotopic (exact) mass is 356 g/mol. The number of nitrogens with one attached hydrogen (secondary N) is 1. The maximum Gasteiger partial charge on any atom is 0.261 e. The molecule has 3 amide bonds. The number of hydrogen-bond acceptors (Lipinski definition) is 3. The van der Waals surface area contributed by atoms with Crippen LogP contribution in [0.25, 0.3) is 0 Å². The number of carbonyl (C=O) groups is 3. The summed E-state index contributed by atoms with van der Waals surface area (Å²) in [7, 11) is 0. The van der Waals surface area contributed by atoms with E-state index >= 15 is 0 Å². The number of benzene rings is 2. The van der Waals surface area contributed by atoms with Gasteiger partial charge in [-0.2, -0.15) is 0 Å². The highest BCUT2D eigenvalue weighted by molar-refractivity contribution is 6.31. The minimum Gasteiger partial charge on any atom is -0.352 e. The van der Waals surface area contributed by atoms with E-state index in [0.717, 1.165) is 5.56 Å². The Morgan fingerprint density at radius 1 is 0.960 bits per heavy atom. The summed E-state index contributed by atoms with van der Waals surface area (Å²) in [5.41, 5.74) is 1.70. The van der Waals surface area contributed by atoms with Crippen LogP contribution in [0.3, 0.4) is 0 Å². The number of hydrogen-bond donors (Lipinski definition) is 1. The first kappa shape index (κ1) is 17.2. The molecule has 5 nitrogen and oxygen atoms in total. The van der Waals surface area contributed by atoms with Crippen molar-refractivity contribution < 1.29 is 14.4 Å². The zero-order valence-corrected chi connectivity index (χ0v) is 14.3. The van der Waals surface area contributed by atoms with E-state index in [1.807, 2.05) is 18.2 Å². The summed E-state index contributed by atoms with van der Waals surface area (Å²) in [5.74, 6) is -0.731. The predicted molar refractivity (Wildman–Crippen MR) is 94.3 cm³/mol. The first-order valence-corrected chi connectivity index (χ1v) is 8.41. The molecular weight excluding hydrogens is 340 g/mol. The van der Waals surface area contributed by atoms with Crippen LogP contribution in [0.1, 0.15) is 39.1 Å². The molecule has 1 aliphatic heterocycles. The molecule has 2 aromatic rings. The molecule has 0 aliphatic carbocycles. The van der Waals surface area contributed by atoms with Gasteiger partial charge < -0.3 is 5.32 Å². The fraction of sp³-hybridized carbons (Fsp3) is 0.211. The van der Waals surface area contributed by atoms with Gasteiger partial charge in [0.25, 0.3) is 11.8 Å². The highest BCUT2D eigenvalue weighted by Gasteiger charge is 2.34. The van der Waals surface area contributed by atoms with Crippen LogP contribution in [-0.4, -0.2) is 29.2 Å². The lowest BCUT2D eigenvalue weighted by Gasteiger charge is -2.13. The van der Waals surface area contributed by atoms with E-state index in [4.69, 9.17) is 11.6 Å². The zero-order chi connectivity index (χ0) is 17.8. The molecule has 1 aliphatic rings. The quantitative estimate of drug-likeness (QED) is 0.809. The van der Waals surface area contributed by atoms with Crippen molar-refractivity contribution in [3.63, 3.8) is 0 Å². The lowest BCUT2D eigenvalue weighted by Crippen LogP contribution is -2.32. The van der Waals surface area contributed by atoms with Gasteiger partial charge in [0, 0.05) is 24.5 Å². The molecule has 0 saturated carbocycles. The van der Waals surface area contributed by atoms with Crippen molar-refractivity contribution in [3.8, 4) is 0 Å². The summed E-state index contributed by atoms with van der Waals surface area (Å²) in [5, 5.41) is 3.40. The molecule has 0 fully saturated rings. The molecule has 3 rings (SSSR count). The summed E-state index contributed by atoms with van der Waals surface area (Å²) in [6.07, 6.45) is 0.650. The van der Waals surface area contributed by atoms with Crippen LogP contribution in [-0.2, 0) is 11.3 Å². The number of halogens is 1. The normalized spacial score (nSPS) is 13.1. The lowest BCUT2D eigenvalue weighted by molar-refractivity contribution is -0.121. The van der Waals surface area contributed by atoms with Crippen LogP contribution >= 0.6 is 11.6 Å². The Kier molecular flexibility index (Phi) is 5.14. The van der Waals surface area contributed by atoms with E-state index in [0.29, 0.717) is 29.1 Å². The Morgan fingerprint density at radius 3 is 2.20 bits per heavy atom. The van der Waals surface area contributed by atoms with Gasteiger partial charge in [-0.1, -0.05) is 41.9 Å². The van der Waals surface area contributed by atoms with E-state index in [2.05, 4.69) is 5.32 Å². The van der Waals surface area contributed by atoms with Gasteiger partial charge in [0.15, 0.2) is 0 Å². The molecule has 6 heteroatoms. The van der Waals surface area contributed by atoms with Gasteiger partial charge in [-0.3, -0.25) is 19.3 Å². The molecule has 2 aromatic carbocycles. The zero-order valence-electron chi connectivity index (χ0n) is 13.5. The van der Waals surface area contributed by atoms with Crippen molar-refractivity contribution in [2.24, 2.45) is 0 Å². The molecule has 0 atom stereocenters. The third-order valence-electron chi connectivity index (χ3n) is 4.10. The molecule has 0 unspecified atom stereocenters. The fourth-order valence-corrected chi connectivity index (χ4v) is 2.97. The number of amides is 3. The third kappa shape index (κ3) is 3.72. The Morgan fingerprint density at radius 2 is 1.56 bits per heavy atom. The lowest BCUT2D eigenvalue weighted by atomic mass is 10.1. The minimum absolute atomic E-state index is 0.142. The molecule has 0 saturated heterocycles. The van der Waals surface area contributed by atoms with Gasteiger partial charge >= 0.3 is 0 Å². The topological polar surface area (TPSA) is 66.5 Å². The second-order valence-electron chi connectivity index (χ2n) is 5.78. The average Bonchev–Trinajstić information content (AvgIpc) is 2.86. The Hall–Kier alpha value is -2.66. The summed E-state index contributed by atoms with van der Waals surface area (Å²) >= 11 is 6.04. The predicted octanol–water partition coefficient (Wildman–Crippen LogP) is 3.03. The standard InChI is InChI=1S/C19H17ClN2O3/c20-16-9-4-1-6-13(16)12-21-17(23)10-5-11-22-18(24)14-7-2-3-8-15(14)19(22)25/h1-4,6-9H,5,10-12H2,(H,21,23). The molecule has 0 radical (unpaired) electrons. The Bertz CT molecular complexity index is 800. The molecular formula is C19H17ClN2O3. The minimum atomic E-state index is -0.294. The summed E-state index contributed by atoms with van der Waals surface area (Å²) in [4.78, 5) is 37.6. The number of rotatable bonds is 6. The first-order valence-electron chi connectivity index (χ1n) is 8.03. The number of fused-ring (bicyclic) bond motifs is 1. The number of imide groups is 1. The van der Waals surface area contributed by atoms with Gasteiger partial charge in [0.05, 0.1) is 11.1 Å². The second kappa shape index (κ2) is 7.49. The van der Waals surface area contributed by atoms with Gasteiger partial charge in [0.2, 0.25) is 5.91 Å². The molecule has 128 valence electrons. The Labute approximate surface area is 150 Å². The smallest absolute Gasteiger partial charge is 0.261 e. The van der Waals surface area contributed by atoms with E-state index in [9.17, 15) is 14.4 Å². The van der Waals surface area contributed by atoms with Crippen molar-refractivity contribution in [1.82, 2.24) is 10.2 Å². The van der Waals surface area contributed by atoms with Crippen LogP contribution in [0, 0.1) is 0 Å². The second-order valence-corrected chi connectivity index (χ2v) is 6.19. The maximum absolute atomic E-state index is 12.2. The maximum atomic E-state index is 12.2. The molecule has 1 heterocycles. The van der Waals surface area contributed by atoms with Crippen molar-refractivity contribution >= 4 is 29.3 Å². The van der Waals surface area contributed by atoms with Gasteiger partial charge in [-0.25, -0.2) is 0 Å². The molecule has 25 heavy (non-hydrogen) atoms. The van der Waals surface area contributed by atoms with Crippen LogP contribution in [0.4, 0.5) is 0 Å². The van der Waals surface area contributed by atoms with Crippen LogP contribution in [0.5, 0.6) is 0 Å². The van der Waals surface area contributed by atoms with E-state index in [1.165, 1.54) is 4.90 Å². The molecule has 0 spiro atoms. The highest BCUT2D eigenvalue weighted by Crippen LogP contribution is 2.22. The number of carbonyl (C=O) groups excluding carboxylic acids is 3. The largest absolute Gasteiger partial charge is 0.352 e. The average molecular weight is 357 g/mol. The van der Waals surface area contributed by atoms with Gasteiger partial charge in [-0.15, -0.1) is 0 Å². The first-order chi connectivity index (χ1) is 12.1. The van der Waals surface area contributed by atoms with E-state index < -0.39 is 0 Å². The molecule has 0 bridgehead atoms. The van der Waals surface area contributed by atoms with Crippen molar-refractivity contribution in [3.05, 3.63) is 70.2 Å². The third-order valence-corrected chi connectivity index (χ3v) is 4.47.